The van der Waals surface area contributed by atoms with Gasteiger partial charge in [-0.25, -0.2) is 5.43 Å². The minimum absolute atomic E-state index is 0.365. The third-order valence-corrected chi connectivity index (χ3v) is 4.53. The fourth-order valence-corrected chi connectivity index (χ4v) is 2.84. The average Bonchev–Trinajstić information content (AvgIpc) is 3.06. The number of nitrogens with one attached hydrogen (secondary N) is 1. The Morgan fingerprint density at radius 3 is 2.58 bits per heavy atom. The number of halogens is 2. The molecule has 0 unspecified atom stereocenters. The zero-order valence-corrected chi connectivity index (χ0v) is 15.7. The molecule has 0 fully saturated rings. The lowest BCUT2D eigenvalue weighted by Gasteiger charge is -2.03. The Morgan fingerprint density at radius 1 is 1.04 bits per heavy atom. The maximum absolute atomic E-state index is 12.1. The van der Waals surface area contributed by atoms with Crippen molar-refractivity contribution in [1.29, 1.82) is 0 Å². The molecular formula is C20H16Cl2N2O2. The summed E-state index contributed by atoms with van der Waals surface area (Å²) in [5.41, 5.74) is 5.66. The molecule has 6 heteroatoms. The summed E-state index contributed by atoms with van der Waals surface area (Å²) in [5, 5.41) is 4.98. The van der Waals surface area contributed by atoms with Crippen molar-refractivity contribution in [3.63, 3.8) is 0 Å². The van der Waals surface area contributed by atoms with Gasteiger partial charge in [-0.05, 0) is 55.3 Å². The second-order valence-electron chi connectivity index (χ2n) is 5.85. The predicted molar refractivity (Wildman–Crippen MR) is 105 cm³/mol. The van der Waals surface area contributed by atoms with Crippen LogP contribution >= 0.6 is 23.2 Å². The number of nitrogens with zero attached hydrogens (tertiary/aromatic N) is 1. The van der Waals surface area contributed by atoms with Crippen LogP contribution in [0, 0.1) is 13.8 Å². The molecule has 1 heterocycles. The monoisotopic (exact) mass is 386 g/mol. The highest BCUT2D eigenvalue weighted by Gasteiger charge is 2.09. The molecule has 0 saturated heterocycles. The molecule has 4 nitrogen and oxygen atoms in total. The first-order chi connectivity index (χ1) is 12.4. The minimum atomic E-state index is -0.386. The van der Waals surface area contributed by atoms with Crippen LogP contribution in [-0.4, -0.2) is 12.1 Å². The van der Waals surface area contributed by atoms with Crippen molar-refractivity contribution in [3.8, 4) is 11.3 Å². The summed E-state index contributed by atoms with van der Waals surface area (Å²) in [6.07, 6.45) is 1.43. The van der Waals surface area contributed by atoms with Gasteiger partial charge in [0.15, 0.2) is 0 Å². The van der Waals surface area contributed by atoms with Crippen LogP contribution in [0.4, 0.5) is 0 Å². The van der Waals surface area contributed by atoms with Crippen LogP contribution in [0.15, 0.2) is 58.0 Å². The lowest BCUT2D eigenvalue weighted by atomic mass is 10.1. The summed E-state index contributed by atoms with van der Waals surface area (Å²) in [7, 11) is 0. The molecular weight excluding hydrogens is 371 g/mol. The van der Waals surface area contributed by atoms with Crippen LogP contribution in [0.2, 0.25) is 10.0 Å². The number of furan rings is 1. The second kappa shape index (κ2) is 7.77. The van der Waals surface area contributed by atoms with E-state index < -0.39 is 0 Å². The van der Waals surface area contributed by atoms with Crippen LogP contribution in [0.1, 0.15) is 27.2 Å². The highest BCUT2D eigenvalue weighted by Crippen LogP contribution is 2.26. The van der Waals surface area contributed by atoms with Gasteiger partial charge < -0.3 is 4.42 Å². The Morgan fingerprint density at radius 2 is 1.85 bits per heavy atom. The maximum Gasteiger partial charge on any atom is 0.272 e. The van der Waals surface area contributed by atoms with Gasteiger partial charge in [-0.15, -0.1) is 0 Å². The van der Waals surface area contributed by atoms with E-state index in [-0.39, 0.29) is 5.91 Å². The first-order valence-electron chi connectivity index (χ1n) is 7.90. The zero-order chi connectivity index (χ0) is 18.7. The highest BCUT2D eigenvalue weighted by atomic mass is 35.5. The highest BCUT2D eigenvalue weighted by molar-refractivity contribution is 6.34. The molecule has 0 aliphatic heterocycles. The summed E-state index contributed by atoms with van der Waals surface area (Å²) in [6, 6.07) is 14.5. The molecule has 3 rings (SSSR count). The Kier molecular flexibility index (Phi) is 5.45. The van der Waals surface area contributed by atoms with Gasteiger partial charge in [0.05, 0.1) is 16.8 Å². The number of carbonyl (C=O) groups excluding carboxylic acids is 1. The lowest BCUT2D eigenvalue weighted by Crippen LogP contribution is -2.18. The Hall–Kier alpha value is -2.56. The standard InChI is InChI=1S/C20H16Cl2N2O2/c1-12-3-7-16(18(22)9-12)20(25)24-23-11-15-6-8-19(26-15)14-5-4-13(2)17(21)10-14/h3-11H,1-2H3,(H,24,25). The predicted octanol–water partition coefficient (Wildman–Crippen LogP) is 5.63. The van der Waals surface area contributed by atoms with Crippen LogP contribution in [0.3, 0.4) is 0 Å². The number of rotatable bonds is 4. The van der Waals surface area contributed by atoms with E-state index >= 15 is 0 Å². The molecule has 2 aromatic carbocycles. The molecule has 1 aromatic heterocycles. The third kappa shape index (κ3) is 4.15. The number of carbonyl (C=O) groups is 1. The second-order valence-corrected chi connectivity index (χ2v) is 6.66. The molecule has 132 valence electrons. The van der Waals surface area contributed by atoms with Crippen LogP contribution in [-0.2, 0) is 0 Å². The number of hydrazone groups is 1. The first kappa shape index (κ1) is 18.2. The quantitative estimate of drug-likeness (QED) is 0.466. The summed E-state index contributed by atoms with van der Waals surface area (Å²) in [5.74, 6) is 0.789. The SMILES string of the molecule is Cc1ccc(C(=O)NN=Cc2ccc(-c3ccc(C)c(Cl)c3)o2)c(Cl)c1. The van der Waals surface area contributed by atoms with Crippen LogP contribution in [0.5, 0.6) is 0 Å². The van der Waals surface area contributed by atoms with E-state index in [1.165, 1.54) is 6.21 Å². The fraction of sp³-hybridized carbons (Fsp3) is 0.100. The van der Waals surface area contributed by atoms with E-state index in [1.54, 1.807) is 18.2 Å². The zero-order valence-electron chi connectivity index (χ0n) is 14.2. The van der Waals surface area contributed by atoms with Crippen molar-refractivity contribution >= 4 is 35.3 Å². The molecule has 0 saturated carbocycles. The maximum atomic E-state index is 12.1. The molecule has 1 amide bonds. The largest absolute Gasteiger partial charge is 0.455 e. The fourth-order valence-electron chi connectivity index (χ4n) is 2.34. The van der Waals surface area contributed by atoms with Crippen molar-refractivity contribution in [2.75, 3.05) is 0 Å². The molecule has 0 aliphatic rings. The third-order valence-electron chi connectivity index (χ3n) is 3.81. The molecule has 0 spiro atoms. The van der Waals surface area contributed by atoms with Crippen molar-refractivity contribution in [1.82, 2.24) is 5.43 Å². The Labute approximate surface area is 161 Å². The average molecular weight is 387 g/mol. The van der Waals surface area contributed by atoms with Crippen LogP contribution in [0.25, 0.3) is 11.3 Å². The molecule has 0 aliphatic carbocycles. The Bertz CT molecular complexity index is 993. The molecule has 26 heavy (non-hydrogen) atoms. The molecule has 3 aromatic rings. The summed E-state index contributed by atoms with van der Waals surface area (Å²) >= 11 is 12.2. The van der Waals surface area contributed by atoms with E-state index in [0.29, 0.717) is 27.1 Å². The van der Waals surface area contributed by atoms with E-state index in [2.05, 4.69) is 10.5 Å². The van der Waals surface area contributed by atoms with Crippen molar-refractivity contribution < 1.29 is 9.21 Å². The normalized spacial score (nSPS) is 11.1. The van der Waals surface area contributed by atoms with Gasteiger partial charge in [0.25, 0.3) is 5.91 Å². The minimum Gasteiger partial charge on any atom is -0.455 e. The van der Waals surface area contributed by atoms with Crippen molar-refractivity contribution in [3.05, 3.63) is 81.0 Å². The van der Waals surface area contributed by atoms with Gasteiger partial charge in [0, 0.05) is 10.6 Å². The summed E-state index contributed by atoms with van der Waals surface area (Å²) in [6.45, 7) is 3.84. The lowest BCUT2D eigenvalue weighted by molar-refractivity contribution is 0.0955. The van der Waals surface area contributed by atoms with E-state index in [1.807, 2.05) is 44.2 Å². The van der Waals surface area contributed by atoms with Gasteiger partial charge in [-0.2, -0.15) is 5.10 Å². The van der Waals surface area contributed by atoms with Gasteiger partial charge in [-0.3, -0.25) is 4.79 Å². The molecule has 0 bridgehead atoms. The smallest absolute Gasteiger partial charge is 0.272 e. The van der Waals surface area contributed by atoms with E-state index in [9.17, 15) is 4.79 Å². The Balaban J connectivity index is 1.68. The summed E-state index contributed by atoms with van der Waals surface area (Å²) < 4.78 is 5.71. The molecule has 0 atom stereocenters. The van der Waals surface area contributed by atoms with Gasteiger partial charge >= 0.3 is 0 Å². The van der Waals surface area contributed by atoms with Gasteiger partial charge in [0.2, 0.25) is 0 Å². The van der Waals surface area contributed by atoms with Crippen molar-refractivity contribution in [2.24, 2.45) is 5.10 Å². The number of hydrogen-bond acceptors (Lipinski definition) is 3. The van der Waals surface area contributed by atoms with Crippen LogP contribution < -0.4 is 5.43 Å². The van der Waals surface area contributed by atoms with Gasteiger partial charge in [-0.1, -0.05) is 41.4 Å². The number of aryl methyl sites for hydroxylation is 2. The van der Waals surface area contributed by atoms with E-state index in [0.717, 1.165) is 16.7 Å². The van der Waals surface area contributed by atoms with Gasteiger partial charge in [0.1, 0.15) is 11.5 Å². The van der Waals surface area contributed by atoms with Crippen molar-refractivity contribution in [2.45, 2.75) is 13.8 Å². The number of benzene rings is 2. The number of amides is 1. The molecule has 1 N–H and O–H groups in total. The van der Waals surface area contributed by atoms with E-state index in [4.69, 9.17) is 27.6 Å². The summed E-state index contributed by atoms with van der Waals surface area (Å²) in [4.78, 5) is 12.1. The first-order valence-corrected chi connectivity index (χ1v) is 8.65. The topological polar surface area (TPSA) is 54.6 Å². The molecule has 0 radical (unpaired) electrons. The number of hydrogen-bond donors (Lipinski definition) is 1.